The second-order valence-corrected chi connectivity index (χ2v) is 7.53. The molecule has 3 aromatic carbocycles. The minimum atomic E-state index is -0.119. The molecule has 168 valence electrons. The molecule has 3 aromatic rings. The Morgan fingerprint density at radius 3 is 2.12 bits per heavy atom. The van der Waals surface area contributed by atoms with E-state index in [2.05, 4.69) is 6.08 Å². The van der Waals surface area contributed by atoms with E-state index in [-0.39, 0.29) is 23.0 Å². The van der Waals surface area contributed by atoms with E-state index in [9.17, 15) is 15.3 Å². The van der Waals surface area contributed by atoms with Gasteiger partial charge in [-0.15, -0.1) is 0 Å². The van der Waals surface area contributed by atoms with E-state index in [0.717, 1.165) is 12.0 Å². The highest BCUT2D eigenvalue weighted by molar-refractivity contribution is 5.88. The molecular formula is C26H28O6. The fraction of sp³-hybridized carbons (Fsp3) is 0.231. The molecule has 6 heteroatoms. The van der Waals surface area contributed by atoms with Crippen LogP contribution < -0.4 is 14.2 Å². The van der Waals surface area contributed by atoms with Crippen molar-refractivity contribution in [1.29, 1.82) is 0 Å². The van der Waals surface area contributed by atoms with E-state index in [0.29, 0.717) is 34.8 Å². The van der Waals surface area contributed by atoms with Crippen molar-refractivity contribution in [2.24, 2.45) is 0 Å². The maximum Gasteiger partial charge on any atom is 0.170 e. The summed E-state index contributed by atoms with van der Waals surface area (Å²) in [6.07, 6.45) is 2.81. The lowest BCUT2D eigenvalue weighted by molar-refractivity contribution is 0.305. The van der Waals surface area contributed by atoms with Crippen LogP contribution in [0.2, 0.25) is 0 Å². The van der Waals surface area contributed by atoms with Crippen LogP contribution in [-0.2, 0) is 0 Å². The largest absolute Gasteiger partial charge is 0.508 e. The molecule has 3 N–H and O–H groups in total. The number of methoxy groups -OCH3 is 2. The summed E-state index contributed by atoms with van der Waals surface area (Å²) in [6.45, 7) is 4.49. The van der Waals surface area contributed by atoms with E-state index in [1.54, 1.807) is 42.5 Å². The van der Waals surface area contributed by atoms with Crippen LogP contribution >= 0.6 is 0 Å². The number of hydrogen-bond donors (Lipinski definition) is 3. The topological polar surface area (TPSA) is 88.4 Å². The van der Waals surface area contributed by atoms with E-state index >= 15 is 0 Å². The summed E-state index contributed by atoms with van der Waals surface area (Å²) in [5.74, 6) is 1.01. The predicted molar refractivity (Wildman–Crippen MR) is 125 cm³/mol. The highest BCUT2D eigenvalue weighted by Gasteiger charge is 2.22. The minimum absolute atomic E-state index is 0.0391. The van der Waals surface area contributed by atoms with Gasteiger partial charge in [0.25, 0.3) is 0 Å². The van der Waals surface area contributed by atoms with Crippen molar-refractivity contribution < 1.29 is 29.5 Å². The SMILES string of the molecule is COc1cc(-c2ccc(O)cc2)c(OC)c(O)c1-c1ccc(OCCC=C(C)C)c(O)c1. The van der Waals surface area contributed by atoms with E-state index in [1.807, 2.05) is 13.8 Å². The summed E-state index contributed by atoms with van der Waals surface area (Å²) in [7, 11) is 2.97. The van der Waals surface area contributed by atoms with Crippen LogP contribution in [0.25, 0.3) is 22.3 Å². The van der Waals surface area contributed by atoms with Gasteiger partial charge in [-0.3, -0.25) is 0 Å². The number of rotatable bonds is 8. The average molecular weight is 437 g/mol. The Morgan fingerprint density at radius 1 is 0.844 bits per heavy atom. The lowest BCUT2D eigenvalue weighted by atomic mass is 9.96. The molecule has 0 aromatic heterocycles. The third-order valence-corrected chi connectivity index (χ3v) is 5.00. The molecule has 0 saturated carbocycles. The van der Waals surface area contributed by atoms with Crippen molar-refractivity contribution in [2.45, 2.75) is 20.3 Å². The van der Waals surface area contributed by atoms with Crippen LogP contribution in [0.4, 0.5) is 0 Å². The number of allylic oxidation sites excluding steroid dienone is 1. The molecule has 0 heterocycles. The Hall–Kier alpha value is -3.80. The summed E-state index contributed by atoms with van der Waals surface area (Å²) in [5, 5.41) is 31.1. The minimum Gasteiger partial charge on any atom is -0.508 e. The van der Waals surface area contributed by atoms with Gasteiger partial charge in [0.1, 0.15) is 11.5 Å². The van der Waals surface area contributed by atoms with Gasteiger partial charge >= 0.3 is 0 Å². The van der Waals surface area contributed by atoms with Crippen LogP contribution in [0.3, 0.4) is 0 Å². The molecule has 0 atom stereocenters. The smallest absolute Gasteiger partial charge is 0.170 e. The summed E-state index contributed by atoms with van der Waals surface area (Å²) in [6, 6.07) is 13.2. The second-order valence-electron chi connectivity index (χ2n) is 7.53. The molecule has 0 unspecified atom stereocenters. The zero-order valence-electron chi connectivity index (χ0n) is 18.7. The van der Waals surface area contributed by atoms with Gasteiger partial charge < -0.3 is 29.5 Å². The lowest BCUT2D eigenvalue weighted by Gasteiger charge is -2.18. The zero-order chi connectivity index (χ0) is 23.3. The molecule has 0 aliphatic carbocycles. The Bertz CT molecular complexity index is 1110. The molecule has 0 aliphatic rings. The highest BCUT2D eigenvalue weighted by atomic mass is 16.5. The number of hydrogen-bond acceptors (Lipinski definition) is 6. The van der Waals surface area contributed by atoms with Crippen LogP contribution in [0.15, 0.2) is 60.2 Å². The van der Waals surface area contributed by atoms with Crippen molar-refractivity contribution >= 4 is 0 Å². The molecule has 0 fully saturated rings. The molecule has 0 spiro atoms. The quantitative estimate of drug-likeness (QED) is 0.301. The maximum atomic E-state index is 11.1. The first-order chi connectivity index (χ1) is 15.3. The molecule has 32 heavy (non-hydrogen) atoms. The van der Waals surface area contributed by atoms with Crippen molar-refractivity contribution in [3.05, 3.63) is 60.2 Å². The number of phenolic OH excluding ortho intramolecular Hbond substituents is 3. The normalized spacial score (nSPS) is 10.5. The van der Waals surface area contributed by atoms with Crippen LogP contribution in [0, 0.1) is 0 Å². The zero-order valence-corrected chi connectivity index (χ0v) is 18.7. The first-order valence-corrected chi connectivity index (χ1v) is 10.2. The van der Waals surface area contributed by atoms with Gasteiger partial charge in [-0.2, -0.15) is 0 Å². The van der Waals surface area contributed by atoms with Gasteiger partial charge in [0.15, 0.2) is 23.0 Å². The van der Waals surface area contributed by atoms with Gasteiger partial charge in [-0.05, 0) is 61.7 Å². The molecule has 0 radical (unpaired) electrons. The molecule has 0 aliphatic heterocycles. The van der Waals surface area contributed by atoms with Gasteiger partial charge in [-0.25, -0.2) is 0 Å². The van der Waals surface area contributed by atoms with E-state index in [4.69, 9.17) is 14.2 Å². The van der Waals surface area contributed by atoms with Gasteiger partial charge in [0.2, 0.25) is 0 Å². The molecule has 0 bridgehead atoms. The number of ether oxygens (including phenoxy) is 3. The van der Waals surface area contributed by atoms with Crippen molar-refractivity contribution in [3.63, 3.8) is 0 Å². The number of benzene rings is 3. The number of aromatic hydroxyl groups is 3. The summed E-state index contributed by atoms with van der Waals surface area (Å²) < 4.78 is 16.7. The van der Waals surface area contributed by atoms with E-state index < -0.39 is 0 Å². The first-order valence-electron chi connectivity index (χ1n) is 10.2. The second kappa shape index (κ2) is 10.0. The molecule has 0 saturated heterocycles. The van der Waals surface area contributed by atoms with E-state index in [1.165, 1.54) is 25.9 Å². The fourth-order valence-electron chi connectivity index (χ4n) is 3.44. The Kier molecular flexibility index (Phi) is 7.15. The predicted octanol–water partition coefficient (Wildman–Crippen LogP) is 5.89. The fourth-order valence-corrected chi connectivity index (χ4v) is 3.44. The van der Waals surface area contributed by atoms with Crippen LogP contribution in [0.1, 0.15) is 20.3 Å². The molecular weight excluding hydrogens is 408 g/mol. The standard InChI is InChI=1S/C26H28O6/c1-16(2)6-5-13-32-22-12-9-18(14-21(22)28)24-23(30-3)15-20(26(31-4)25(24)29)17-7-10-19(27)11-8-17/h6-12,14-15,27-29H,5,13H2,1-4H3. The van der Waals surface area contributed by atoms with Crippen molar-refractivity contribution in [1.82, 2.24) is 0 Å². The summed E-state index contributed by atoms with van der Waals surface area (Å²) in [5.41, 5.74) is 3.49. The first kappa shape index (κ1) is 22.9. The van der Waals surface area contributed by atoms with Crippen molar-refractivity contribution in [3.8, 4) is 56.8 Å². The van der Waals surface area contributed by atoms with Crippen LogP contribution in [0.5, 0.6) is 34.5 Å². The molecule has 6 nitrogen and oxygen atoms in total. The molecule has 0 amide bonds. The monoisotopic (exact) mass is 436 g/mol. The molecule has 3 rings (SSSR count). The lowest BCUT2D eigenvalue weighted by Crippen LogP contribution is -1.97. The third kappa shape index (κ3) is 4.91. The number of phenols is 3. The van der Waals surface area contributed by atoms with Gasteiger partial charge in [-0.1, -0.05) is 29.8 Å². The summed E-state index contributed by atoms with van der Waals surface area (Å²) >= 11 is 0. The third-order valence-electron chi connectivity index (χ3n) is 5.00. The van der Waals surface area contributed by atoms with Gasteiger partial charge in [0, 0.05) is 5.56 Å². The Balaban J connectivity index is 2.01. The van der Waals surface area contributed by atoms with Crippen molar-refractivity contribution in [2.75, 3.05) is 20.8 Å². The highest BCUT2D eigenvalue weighted by Crippen LogP contribution is 2.50. The summed E-state index contributed by atoms with van der Waals surface area (Å²) in [4.78, 5) is 0. The van der Waals surface area contributed by atoms with Crippen LogP contribution in [-0.4, -0.2) is 36.1 Å². The Labute approximate surface area is 187 Å². The Morgan fingerprint density at radius 2 is 1.53 bits per heavy atom. The average Bonchev–Trinajstić information content (AvgIpc) is 2.77. The maximum absolute atomic E-state index is 11.1. The van der Waals surface area contributed by atoms with Gasteiger partial charge in [0.05, 0.1) is 26.4 Å².